The zero-order valence-corrected chi connectivity index (χ0v) is 11.4. The second kappa shape index (κ2) is 7.13. The molecule has 0 aliphatic carbocycles. The van der Waals surface area contributed by atoms with E-state index in [9.17, 15) is 4.39 Å². The van der Waals surface area contributed by atoms with E-state index < -0.39 is 5.82 Å². The molecule has 0 radical (unpaired) electrons. The molecule has 5 heteroatoms. The van der Waals surface area contributed by atoms with Crippen molar-refractivity contribution in [2.24, 2.45) is 0 Å². The van der Waals surface area contributed by atoms with Crippen LogP contribution in [0.4, 0.5) is 10.1 Å². The van der Waals surface area contributed by atoms with E-state index in [-0.39, 0.29) is 5.02 Å². The molecular weight excluding hydrogens is 271 g/mol. The molecule has 0 unspecified atom stereocenters. The summed E-state index contributed by atoms with van der Waals surface area (Å²) in [6.45, 7) is 8.54. The number of anilines is 1. The molecule has 0 bridgehead atoms. The normalized spacial score (nSPS) is 9.67. The highest BCUT2D eigenvalue weighted by Crippen LogP contribution is 2.19. The molecule has 0 amide bonds. The van der Waals surface area contributed by atoms with Crippen LogP contribution in [0.1, 0.15) is 0 Å². The van der Waals surface area contributed by atoms with Gasteiger partial charge in [0.25, 0.3) is 0 Å². The molecule has 2 nitrogen and oxygen atoms in total. The maximum Gasteiger partial charge on any atom is 0.173 e. The fraction of sp³-hybridized carbons (Fsp3) is 0.154. The predicted molar refractivity (Wildman–Crippen MR) is 79.6 cm³/mol. The van der Waals surface area contributed by atoms with Gasteiger partial charge >= 0.3 is 0 Å². The number of halogens is 2. The van der Waals surface area contributed by atoms with E-state index in [2.05, 4.69) is 18.5 Å². The van der Waals surface area contributed by atoms with Crippen LogP contribution in [0, 0.1) is 5.82 Å². The Morgan fingerprint density at radius 2 is 2.00 bits per heavy atom. The highest BCUT2D eigenvalue weighted by molar-refractivity contribution is 7.80. The van der Waals surface area contributed by atoms with Crippen molar-refractivity contribution in [1.82, 2.24) is 4.90 Å². The predicted octanol–water partition coefficient (Wildman–Crippen LogP) is 3.85. The zero-order chi connectivity index (χ0) is 13.5. The van der Waals surface area contributed by atoms with Crippen LogP contribution in [0.25, 0.3) is 0 Å². The lowest BCUT2D eigenvalue weighted by molar-refractivity contribution is 0.522. The van der Waals surface area contributed by atoms with E-state index in [1.165, 1.54) is 12.1 Å². The first-order valence-electron chi connectivity index (χ1n) is 5.31. The smallest absolute Gasteiger partial charge is 0.173 e. The molecule has 0 fully saturated rings. The van der Waals surface area contributed by atoms with Gasteiger partial charge in [0.1, 0.15) is 5.82 Å². The monoisotopic (exact) mass is 284 g/mol. The van der Waals surface area contributed by atoms with Crippen LogP contribution in [0.15, 0.2) is 43.5 Å². The van der Waals surface area contributed by atoms with Gasteiger partial charge < -0.3 is 10.2 Å². The van der Waals surface area contributed by atoms with Gasteiger partial charge in [-0.25, -0.2) is 4.39 Å². The number of thiocarbonyl (C=S) groups is 1. The van der Waals surface area contributed by atoms with Crippen molar-refractivity contribution in [2.45, 2.75) is 0 Å². The Hall–Kier alpha value is -1.39. The molecule has 0 saturated heterocycles. The summed E-state index contributed by atoms with van der Waals surface area (Å²) in [6, 6.07) is 4.36. The summed E-state index contributed by atoms with van der Waals surface area (Å²) in [7, 11) is 0. The van der Waals surface area contributed by atoms with E-state index in [0.29, 0.717) is 23.9 Å². The van der Waals surface area contributed by atoms with Crippen LogP contribution in [-0.2, 0) is 0 Å². The topological polar surface area (TPSA) is 15.3 Å². The molecule has 96 valence electrons. The zero-order valence-electron chi connectivity index (χ0n) is 9.83. The van der Waals surface area contributed by atoms with Crippen molar-refractivity contribution < 1.29 is 4.39 Å². The van der Waals surface area contributed by atoms with E-state index in [0.717, 1.165) is 0 Å². The van der Waals surface area contributed by atoms with E-state index in [4.69, 9.17) is 23.8 Å². The minimum absolute atomic E-state index is 0.0572. The van der Waals surface area contributed by atoms with Crippen molar-refractivity contribution in [3.05, 3.63) is 54.3 Å². The van der Waals surface area contributed by atoms with Crippen molar-refractivity contribution in [3.8, 4) is 0 Å². The molecule has 0 spiro atoms. The average molecular weight is 285 g/mol. The fourth-order valence-corrected chi connectivity index (χ4v) is 1.78. The molecule has 0 atom stereocenters. The van der Waals surface area contributed by atoms with Crippen LogP contribution < -0.4 is 5.32 Å². The van der Waals surface area contributed by atoms with Crippen LogP contribution in [0.2, 0.25) is 5.02 Å². The molecule has 0 aliphatic heterocycles. The second-order valence-electron chi connectivity index (χ2n) is 3.54. The average Bonchev–Trinajstić information content (AvgIpc) is 2.33. The standard InChI is InChI=1S/C13H14ClFN2S/c1-3-7-17(8-4-2)13(18)16-10-5-6-12(15)11(14)9-10/h3-6,9H,1-2,7-8H2,(H,16,18). The molecule has 0 aliphatic rings. The van der Waals surface area contributed by atoms with Gasteiger partial charge in [-0.1, -0.05) is 23.8 Å². The largest absolute Gasteiger partial charge is 0.342 e. The lowest BCUT2D eigenvalue weighted by Gasteiger charge is -2.23. The van der Waals surface area contributed by atoms with E-state index in [1.54, 1.807) is 18.2 Å². The van der Waals surface area contributed by atoms with E-state index >= 15 is 0 Å². The number of nitrogens with zero attached hydrogens (tertiary/aromatic N) is 1. The van der Waals surface area contributed by atoms with Gasteiger partial charge in [0.2, 0.25) is 0 Å². The number of nitrogens with one attached hydrogen (secondary N) is 1. The summed E-state index contributed by atoms with van der Waals surface area (Å²) >= 11 is 10.9. The first kappa shape index (κ1) is 14.7. The molecular formula is C13H14ClFN2S. The summed E-state index contributed by atoms with van der Waals surface area (Å²) in [6.07, 6.45) is 3.49. The summed E-state index contributed by atoms with van der Waals surface area (Å²) in [5.74, 6) is -0.456. The van der Waals surface area contributed by atoms with Crippen molar-refractivity contribution in [2.75, 3.05) is 18.4 Å². The van der Waals surface area contributed by atoms with Crippen molar-refractivity contribution in [3.63, 3.8) is 0 Å². The Labute approximate surface area is 117 Å². The van der Waals surface area contributed by atoms with E-state index in [1.807, 2.05) is 4.90 Å². The Morgan fingerprint density at radius 3 is 2.50 bits per heavy atom. The first-order chi connectivity index (χ1) is 8.58. The van der Waals surface area contributed by atoms with Gasteiger partial charge in [0.15, 0.2) is 5.11 Å². The highest BCUT2D eigenvalue weighted by Gasteiger charge is 2.07. The van der Waals surface area contributed by atoms with Crippen LogP contribution >= 0.6 is 23.8 Å². The van der Waals surface area contributed by atoms with Crippen molar-refractivity contribution in [1.29, 1.82) is 0 Å². The summed E-state index contributed by atoms with van der Waals surface area (Å²) < 4.78 is 13.0. The summed E-state index contributed by atoms with van der Waals surface area (Å²) in [5.41, 5.74) is 0.643. The van der Waals surface area contributed by atoms with Gasteiger partial charge in [-0.3, -0.25) is 0 Å². The third-order valence-corrected chi connectivity index (χ3v) is 2.81. The Balaban J connectivity index is 2.75. The van der Waals surface area contributed by atoms with Gasteiger partial charge in [0.05, 0.1) is 5.02 Å². The summed E-state index contributed by atoms with van der Waals surface area (Å²) in [4.78, 5) is 1.87. The number of hydrogen-bond acceptors (Lipinski definition) is 1. The Bertz CT molecular complexity index is 452. The highest BCUT2D eigenvalue weighted by atomic mass is 35.5. The lowest BCUT2D eigenvalue weighted by atomic mass is 10.3. The molecule has 1 aromatic carbocycles. The lowest BCUT2D eigenvalue weighted by Crippen LogP contribution is -2.34. The van der Waals surface area contributed by atoms with Gasteiger partial charge in [-0.2, -0.15) is 0 Å². The van der Waals surface area contributed by atoms with Crippen LogP contribution in [0.3, 0.4) is 0 Å². The van der Waals surface area contributed by atoms with Gasteiger partial charge in [-0.05, 0) is 30.4 Å². The maximum absolute atomic E-state index is 13.0. The minimum Gasteiger partial charge on any atom is -0.342 e. The minimum atomic E-state index is -0.456. The quantitative estimate of drug-likeness (QED) is 0.653. The van der Waals surface area contributed by atoms with Gasteiger partial charge in [-0.15, -0.1) is 13.2 Å². The van der Waals surface area contributed by atoms with Crippen molar-refractivity contribution >= 4 is 34.6 Å². The number of hydrogen-bond donors (Lipinski definition) is 1. The van der Waals surface area contributed by atoms with Crippen LogP contribution in [0.5, 0.6) is 0 Å². The molecule has 1 N–H and O–H groups in total. The SMILES string of the molecule is C=CCN(CC=C)C(=S)Nc1ccc(F)c(Cl)c1. The fourth-order valence-electron chi connectivity index (χ4n) is 1.33. The second-order valence-corrected chi connectivity index (χ2v) is 4.34. The molecule has 1 rings (SSSR count). The van der Waals surface area contributed by atoms with Crippen LogP contribution in [-0.4, -0.2) is 23.1 Å². The third kappa shape index (κ3) is 4.13. The Kier molecular flexibility index (Phi) is 5.82. The maximum atomic E-state index is 13.0. The van der Waals surface area contributed by atoms with Gasteiger partial charge in [0, 0.05) is 18.8 Å². The number of benzene rings is 1. The summed E-state index contributed by atoms with van der Waals surface area (Å²) in [5, 5.41) is 3.56. The molecule has 18 heavy (non-hydrogen) atoms. The Morgan fingerprint density at radius 1 is 1.39 bits per heavy atom. The molecule has 1 aromatic rings. The molecule has 0 aromatic heterocycles. The first-order valence-corrected chi connectivity index (χ1v) is 6.10. The third-order valence-electron chi connectivity index (χ3n) is 2.16. The number of rotatable bonds is 5. The molecule has 0 saturated carbocycles. The molecule has 0 heterocycles.